The fourth-order valence-electron chi connectivity index (χ4n) is 1.81. The van der Waals surface area contributed by atoms with Crippen LogP contribution in [0, 0.1) is 6.92 Å². The van der Waals surface area contributed by atoms with Crippen LogP contribution in [-0.2, 0) is 0 Å². The van der Waals surface area contributed by atoms with E-state index >= 15 is 0 Å². The molecule has 1 aromatic heterocycles. The Hall–Kier alpha value is -1.61. The van der Waals surface area contributed by atoms with Gasteiger partial charge in [0, 0.05) is 25.0 Å². The van der Waals surface area contributed by atoms with E-state index in [-0.39, 0.29) is 0 Å². The van der Waals surface area contributed by atoms with Gasteiger partial charge in [-0.15, -0.1) is 0 Å². The molecule has 17 heavy (non-hydrogen) atoms. The second-order valence-electron chi connectivity index (χ2n) is 4.56. The average molecular weight is 229 g/mol. The van der Waals surface area contributed by atoms with Gasteiger partial charge in [-0.2, -0.15) is 0 Å². The van der Waals surface area contributed by atoms with Crippen molar-refractivity contribution in [3.63, 3.8) is 0 Å². The third-order valence-electron chi connectivity index (χ3n) is 3.19. The van der Waals surface area contributed by atoms with E-state index in [0.717, 1.165) is 11.3 Å². The second-order valence-corrected chi connectivity index (χ2v) is 4.56. The molecule has 0 spiro atoms. The van der Waals surface area contributed by atoms with Gasteiger partial charge in [0.1, 0.15) is 5.82 Å². The summed E-state index contributed by atoms with van der Waals surface area (Å²) < 4.78 is 0. The van der Waals surface area contributed by atoms with E-state index in [4.69, 9.17) is 5.73 Å². The molecule has 0 saturated carbocycles. The molecule has 0 aliphatic heterocycles. The fraction of sp³-hybridized carbons (Fsp3) is 0.357. The van der Waals surface area contributed by atoms with Crippen LogP contribution in [0.2, 0.25) is 0 Å². The lowest BCUT2D eigenvalue weighted by atomic mass is 10.1. The first-order chi connectivity index (χ1) is 8.11. The summed E-state index contributed by atoms with van der Waals surface area (Å²) in [4.78, 5) is 6.77. The topological polar surface area (TPSA) is 42.2 Å². The lowest BCUT2D eigenvalue weighted by Gasteiger charge is -2.24. The molecule has 0 aliphatic rings. The molecule has 3 nitrogen and oxygen atoms in total. The normalized spacial score (nSPS) is 12.7. The van der Waals surface area contributed by atoms with Gasteiger partial charge in [-0.05, 0) is 38.1 Å². The zero-order valence-electron chi connectivity index (χ0n) is 10.6. The minimum atomic E-state index is 0.297. The fourth-order valence-corrected chi connectivity index (χ4v) is 1.81. The zero-order valence-corrected chi connectivity index (χ0v) is 10.6. The van der Waals surface area contributed by atoms with Crippen LogP contribution in [-0.4, -0.2) is 24.6 Å². The molecule has 0 aliphatic carbocycles. The molecular formula is C14H19N3. The summed E-state index contributed by atoms with van der Waals surface area (Å²) >= 11 is 0. The first kappa shape index (κ1) is 11.9. The molecule has 1 aromatic carbocycles. The summed E-state index contributed by atoms with van der Waals surface area (Å²) in [5, 5.41) is 1.18. The highest BCUT2D eigenvalue weighted by Gasteiger charge is 2.09. The lowest BCUT2D eigenvalue weighted by molar-refractivity contribution is 0.689. The van der Waals surface area contributed by atoms with Crippen LogP contribution in [0.3, 0.4) is 0 Å². The number of nitrogens with two attached hydrogens (primary N) is 1. The maximum Gasteiger partial charge on any atom is 0.129 e. The van der Waals surface area contributed by atoms with E-state index < -0.39 is 0 Å². The average Bonchev–Trinajstić information content (AvgIpc) is 2.36. The third kappa shape index (κ3) is 2.39. The van der Waals surface area contributed by atoms with Crippen molar-refractivity contribution in [1.82, 2.24) is 4.98 Å². The van der Waals surface area contributed by atoms with Crippen LogP contribution < -0.4 is 10.6 Å². The van der Waals surface area contributed by atoms with Gasteiger partial charge in [0.15, 0.2) is 0 Å². The van der Waals surface area contributed by atoms with Crippen molar-refractivity contribution in [2.45, 2.75) is 19.9 Å². The molecule has 1 atom stereocenters. The maximum absolute atomic E-state index is 5.67. The molecule has 2 N–H and O–H groups in total. The van der Waals surface area contributed by atoms with Gasteiger partial charge < -0.3 is 10.6 Å². The number of hydrogen-bond acceptors (Lipinski definition) is 3. The maximum atomic E-state index is 5.67. The number of pyridine rings is 1. The van der Waals surface area contributed by atoms with Gasteiger partial charge in [0.2, 0.25) is 0 Å². The molecule has 0 bridgehead atoms. The van der Waals surface area contributed by atoms with Gasteiger partial charge >= 0.3 is 0 Å². The molecule has 0 saturated heterocycles. The monoisotopic (exact) mass is 229 g/mol. The van der Waals surface area contributed by atoms with Gasteiger partial charge in [0.25, 0.3) is 0 Å². The van der Waals surface area contributed by atoms with Crippen LogP contribution in [0.25, 0.3) is 10.9 Å². The van der Waals surface area contributed by atoms with Crippen molar-refractivity contribution in [3.8, 4) is 0 Å². The molecule has 2 aromatic rings. The van der Waals surface area contributed by atoms with Crippen molar-refractivity contribution < 1.29 is 0 Å². The molecule has 1 heterocycles. The minimum absolute atomic E-state index is 0.297. The van der Waals surface area contributed by atoms with Crippen molar-refractivity contribution in [3.05, 3.63) is 35.9 Å². The number of anilines is 1. The van der Waals surface area contributed by atoms with Gasteiger partial charge in [-0.25, -0.2) is 4.98 Å². The quantitative estimate of drug-likeness (QED) is 0.878. The summed E-state index contributed by atoms with van der Waals surface area (Å²) in [5.74, 6) is 0.972. The van der Waals surface area contributed by atoms with E-state index in [1.165, 1.54) is 10.9 Å². The Bertz CT molecular complexity index is 522. The number of hydrogen-bond donors (Lipinski definition) is 1. The molecule has 0 fully saturated rings. The first-order valence-corrected chi connectivity index (χ1v) is 5.92. The SMILES string of the molecule is Cc1ccc2nc(N(C)C(C)CN)ccc2c1. The van der Waals surface area contributed by atoms with Gasteiger partial charge in [0.05, 0.1) is 5.52 Å². The Labute approximate surface area is 102 Å². The third-order valence-corrected chi connectivity index (χ3v) is 3.19. The number of rotatable bonds is 3. The molecule has 1 unspecified atom stereocenters. The van der Waals surface area contributed by atoms with E-state index in [9.17, 15) is 0 Å². The molecule has 3 heteroatoms. The highest BCUT2D eigenvalue weighted by atomic mass is 15.2. The smallest absolute Gasteiger partial charge is 0.129 e. The van der Waals surface area contributed by atoms with Gasteiger partial charge in [-0.1, -0.05) is 11.6 Å². The van der Waals surface area contributed by atoms with Crippen LogP contribution in [0.15, 0.2) is 30.3 Å². The van der Waals surface area contributed by atoms with Crippen molar-refractivity contribution >= 4 is 16.7 Å². The summed E-state index contributed by atoms with van der Waals surface area (Å²) in [5.41, 5.74) is 7.96. The van der Waals surface area contributed by atoms with Gasteiger partial charge in [-0.3, -0.25) is 0 Å². The Balaban J connectivity index is 2.41. The van der Waals surface area contributed by atoms with Crippen LogP contribution in [0.5, 0.6) is 0 Å². The Morgan fingerprint density at radius 2 is 2.06 bits per heavy atom. The number of aromatic nitrogens is 1. The Kier molecular flexibility index (Phi) is 3.29. The predicted octanol–water partition coefficient (Wildman–Crippen LogP) is 2.33. The summed E-state index contributed by atoms with van der Waals surface area (Å²) in [6.45, 7) is 4.82. The predicted molar refractivity (Wildman–Crippen MR) is 73.4 cm³/mol. The van der Waals surface area contributed by atoms with Crippen molar-refractivity contribution in [2.75, 3.05) is 18.5 Å². The summed E-state index contributed by atoms with van der Waals surface area (Å²) in [6.07, 6.45) is 0. The van der Waals surface area contributed by atoms with E-state index in [1.54, 1.807) is 0 Å². The second kappa shape index (κ2) is 4.72. The van der Waals surface area contributed by atoms with E-state index in [1.807, 2.05) is 13.1 Å². The largest absolute Gasteiger partial charge is 0.356 e. The van der Waals surface area contributed by atoms with E-state index in [0.29, 0.717) is 12.6 Å². The van der Waals surface area contributed by atoms with Crippen molar-refractivity contribution in [2.24, 2.45) is 5.73 Å². The number of likely N-dealkylation sites (N-methyl/N-ethyl adjacent to an activating group) is 1. The molecule has 0 radical (unpaired) electrons. The molecular weight excluding hydrogens is 210 g/mol. The standard InChI is InChI=1S/C14H19N3/c1-10-4-6-13-12(8-10)5-7-14(16-13)17(3)11(2)9-15/h4-8,11H,9,15H2,1-3H3. The van der Waals surface area contributed by atoms with Crippen LogP contribution >= 0.6 is 0 Å². The highest BCUT2D eigenvalue weighted by molar-refractivity contribution is 5.81. The Morgan fingerprint density at radius 3 is 2.76 bits per heavy atom. The number of benzene rings is 1. The molecule has 90 valence electrons. The highest BCUT2D eigenvalue weighted by Crippen LogP contribution is 2.19. The van der Waals surface area contributed by atoms with E-state index in [2.05, 4.69) is 48.0 Å². The molecule has 0 amide bonds. The zero-order chi connectivity index (χ0) is 12.4. The van der Waals surface area contributed by atoms with Crippen LogP contribution in [0.4, 0.5) is 5.82 Å². The van der Waals surface area contributed by atoms with Crippen molar-refractivity contribution in [1.29, 1.82) is 0 Å². The number of aryl methyl sites for hydroxylation is 1. The number of fused-ring (bicyclic) bond motifs is 1. The van der Waals surface area contributed by atoms with Crippen LogP contribution in [0.1, 0.15) is 12.5 Å². The number of nitrogens with zero attached hydrogens (tertiary/aromatic N) is 2. The minimum Gasteiger partial charge on any atom is -0.356 e. The lowest BCUT2D eigenvalue weighted by Crippen LogP contribution is -2.35. The summed E-state index contributed by atoms with van der Waals surface area (Å²) in [6, 6.07) is 10.8. The molecule has 2 rings (SSSR count). The Morgan fingerprint density at radius 1 is 1.29 bits per heavy atom. The first-order valence-electron chi connectivity index (χ1n) is 5.92. The summed E-state index contributed by atoms with van der Waals surface area (Å²) in [7, 11) is 2.03.